The van der Waals surface area contributed by atoms with Crippen LogP contribution in [0.3, 0.4) is 0 Å². The Hall–Kier alpha value is -2.16. The summed E-state index contributed by atoms with van der Waals surface area (Å²) in [5, 5.41) is 3.08. The van der Waals surface area contributed by atoms with Crippen molar-refractivity contribution < 1.29 is 14.2 Å². The second kappa shape index (κ2) is 12.3. The molecule has 2 aromatic rings. The number of benzene rings is 2. The van der Waals surface area contributed by atoms with E-state index in [2.05, 4.69) is 17.2 Å². The van der Waals surface area contributed by atoms with Crippen molar-refractivity contribution in [1.82, 2.24) is 0 Å². The van der Waals surface area contributed by atoms with Gasteiger partial charge in [-0.15, -0.1) is 24.0 Å². The second-order valence-corrected chi connectivity index (χ2v) is 6.35. The third-order valence-electron chi connectivity index (χ3n) is 3.62. The fourth-order valence-electron chi connectivity index (χ4n) is 2.39. The Morgan fingerprint density at radius 1 is 1.11 bits per heavy atom. The molecule has 0 fully saturated rings. The molecule has 0 saturated heterocycles. The normalized spacial score (nSPS) is 11.0. The van der Waals surface area contributed by atoms with Crippen molar-refractivity contribution in [2.45, 2.75) is 39.8 Å². The number of rotatable bonds is 9. The first-order valence-electron chi connectivity index (χ1n) is 9.15. The predicted octanol–water partition coefficient (Wildman–Crippen LogP) is 4.82. The maximum atomic E-state index is 5.99. The van der Waals surface area contributed by atoms with Crippen LogP contribution in [0.25, 0.3) is 0 Å². The number of ether oxygens (including phenoxy) is 3. The highest BCUT2D eigenvalue weighted by atomic mass is 127. The standard InChI is InChI=1S/C21H29N3O3.HI/c1-5-12-26-19-11-6-16(13-20(19)25-4)14-23-21(22)24-17-7-9-18(10-8-17)27-15(2)3;/h6-11,13,15H,5,12,14H2,1-4H3,(H3,22,23,24);1H. The zero-order valence-corrected chi connectivity index (χ0v) is 19.2. The first-order valence-corrected chi connectivity index (χ1v) is 9.15. The molecule has 6 nitrogen and oxygen atoms in total. The number of guanidine groups is 1. The van der Waals surface area contributed by atoms with Gasteiger partial charge in [-0.25, -0.2) is 4.99 Å². The van der Waals surface area contributed by atoms with E-state index in [0.717, 1.165) is 29.2 Å². The predicted molar refractivity (Wildman–Crippen MR) is 125 cm³/mol. The zero-order chi connectivity index (χ0) is 19.6. The quantitative estimate of drug-likeness (QED) is 0.294. The van der Waals surface area contributed by atoms with E-state index in [-0.39, 0.29) is 30.1 Å². The Kier molecular flexibility index (Phi) is 10.5. The number of methoxy groups -OCH3 is 1. The van der Waals surface area contributed by atoms with Crippen LogP contribution in [0.2, 0.25) is 0 Å². The van der Waals surface area contributed by atoms with Gasteiger partial charge in [0, 0.05) is 5.69 Å². The van der Waals surface area contributed by atoms with Crippen LogP contribution in [0.4, 0.5) is 5.69 Å². The Morgan fingerprint density at radius 3 is 2.43 bits per heavy atom. The summed E-state index contributed by atoms with van der Waals surface area (Å²) in [5.41, 5.74) is 7.83. The number of hydrogen-bond donors (Lipinski definition) is 2. The van der Waals surface area contributed by atoms with Gasteiger partial charge in [-0.2, -0.15) is 0 Å². The molecular weight excluding hydrogens is 469 g/mol. The minimum absolute atomic E-state index is 0. The van der Waals surface area contributed by atoms with Gasteiger partial charge in [0.25, 0.3) is 0 Å². The van der Waals surface area contributed by atoms with Gasteiger partial charge >= 0.3 is 0 Å². The van der Waals surface area contributed by atoms with E-state index in [4.69, 9.17) is 19.9 Å². The van der Waals surface area contributed by atoms with Crippen LogP contribution < -0.4 is 25.3 Å². The summed E-state index contributed by atoms with van der Waals surface area (Å²) < 4.78 is 16.7. The lowest BCUT2D eigenvalue weighted by Crippen LogP contribution is -2.22. The van der Waals surface area contributed by atoms with E-state index in [1.807, 2.05) is 56.3 Å². The van der Waals surface area contributed by atoms with Crippen LogP contribution in [0.5, 0.6) is 17.2 Å². The van der Waals surface area contributed by atoms with Crippen molar-refractivity contribution in [1.29, 1.82) is 0 Å². The van der Waals surface area contributed by atoms with Crippen molar-refractivity contribution in [3.8, 4) is 17.2 Å². The average molecular weight is 499 g/mol. The van der Waals surface area contributed by atoms with Crippen molar-refractivity contribution >= 4 is 35.6 Å². The average Bonchev–Trinajstić information content (AvgIpc) is 2.66. The number of nitrogens with two attached hydrogens (primary N) is 1. The molecule has 0 aromatic heterocycles. The van der Waals surface area contributed by atoms with Gasteiger partial charge in [0.15, 0.2) is 17.5 Å². The minimum Gasteiger partial charge on any atom is -0.493 e. The fraction of sp³-hybridized carbons (Fsp3) is 0.381. The molecule has 0 spiro atoms. The molecule has 2 rings (SSSR count). The molecule has 0 aliphatic rings. The van der Waals surface area contributed by atoms with Gasteiger partial charge in [-0.05, 0) is 62.2 Å². The molecule has 0 unspecified atom stereocenters. The summed E-state index contributed by atoms with van der Waals surface area (Å²) in [6, 6.07) is 13.4. The summed E-state index contributed by atoms with van der Waals surface area (Å²) in [6.45, 7) is 7.16. The van der Waals surface area contributed by atoms with Crippen molar-refractivity contribution in [3.63, 3.8) is 0 Å². The largest absolute Gasteiger partial charge is 0.493 e. The molecule has 0 saturated carbocycles. The van der Waals surface area contributed by atoms with Crippen molar-refractivity contribution in [2.75, 3.05) is 19.0 Å². The van der Waals surface area contributed by atoms with Crippen molar-refractivity contribution in [2.24, 2.45) is 10.7 Å². The Labute approximate surface area is 184 Å². The molecule has 154 valence electrons. The highest BCUT2D eigenvalue weighted by Crippen LogP contribution is 2.28. The number of nitrogens with one attached hydrogen (secondary N) is 1. The van der Waals surface area contributed by atoms with Gasteiger partial charge in [0.2, 0.25) is 0 Å². The Balaban J connectivity index is 0.00000392. The molecule has 0 heterocycles. The summed E-state index contributed by atoms with van der Waals surface area (Å²) in [4.78, 5) is 4.38. The summed E-state index contributed by atoms with van der Waals surface area (Å²) in [5.74, 6) is 2.60. The molecule has 3 N–H and O–H groups in total. The molecule has 0 aliphatic carbocycles. The first kappa shape index (κ1) is 23.9. The highest BCUT2D eigenvalue weighted by Gasteiger charge is 2.06. The molecule has 0 atom stereocenters. The van der Waals surface area contributed by atoms with E-state index in [1.165, 1.54) is 0 Å². The molecule has 7 heteroatoms. The van der Waals surface area contributed by atoms with E-state index in [1.54, 1.807) is 7.11 Å². The smallest absolute Gasteiger partial charge is 0.193 e. The first-order chi connectivity index (χ1) is 13.0. The van der Waals surface area contributed by atoms with Gasteiger partial charge in [-0.3, -0.25) is 0 Å². The van der Waals surface area contributed by atoms with E-state index in [9.17, 15) is 0 Å². The van der Waals surface area contributed by atoms with Crippen LogP contribution in [0, 0.1) is 0 Å². The topological polar surface area (TPSA) is 78.1 Å². The minimum atomic E-state index is 0. The number of nitrogens with zero attached hydrogens (tertiary/aromatic N) is 1. The lowest BCUT2D eigenvalue weighted by Gasteiger charge is -2.12. The van der Waals surface area contributed by atoms with Crippen LogP contribution in [0.15, 0.2) is 47.5 Å². The third-order valence-corrected chi connectivity index (χ3v) is 3.62. The van der Waals surface area contributed by atoms with E-state index in [0.29, 0.717) is 24.9 Å². The van der Waals surface area contributed by atoms with Gasteiger partial charge < -0.3 is 25.3 Å². The third kappa shape index (κ3) is 7.84. The number of halogens is 1. The SMILES string of the molecule is CCCOc1ccc(CN=C(N)Nc2ccc(OC(C)C)cc2)cc1OC.I. The molecule has 0 amide bonds. The molecular formula is C21H30IN3O3. The Morgan fingerprint density at radius 2 is 1.82 bits per heavy atom. The molecule has 2 aromatic carbocycles. The fourth-order valence-corrected chi connectivity index (χ4v) is 2.39. The van der Waals surface area contributed by atoms with Gasteiger partial charge in [0.05, 0.1) is 26.4 Å². The zero-order valence-electron chi connectivity index (χ0n) is 16.9. The van der Waals surface area contributed by atoms with Gasteiger partial charge in [0.1, 0.15) is 5.75 Å². The van der Waals surface area contributed by atoms with Crippen LogP contribution >= 0.6 is 24.0 Å². The van der Waals surface area contributed by atoms with Crippen LogP contribution in [-0.2, 0) is 6.54 Å². The van der Waals surface area contributed by atoms with Crippen LogP contribution in [-0.4, -0.2) is 25.8 Å². The van der Waals surface area contributed by atoms with E-state index < -0.39 is 0 Å². The summed E-state index contributed by atoms with van der Waals surface area (Å²) >= 11 is 0. The highest BCUT2D eigenvalue weighted by molar-refractivity contribution is 14.0. The second-order valence-electron chi connectivity index (χ2n) is 6.35. The molecule has 28 heavy (non-hydrogen) atoms. The monoisotopic (exact) mass is 499 g/mol. The summed E-state index contributed by atoms with van der Waals surface area (Å²) in [6.07, 6.45) is 1.09. The maximum Gasteiger partial charge on any atom is 0.193 e. The van der Waals surface area contributed by atoms with Crippen LogP contribution in [0.1, 0.15) is 32.8 Å². The molecule has 0 aliphatic heterocycles. The molecule has 0 bridgehead atoms. The maximum absolute atomic E-state index is 5.99. The molecule has 0 radical (unpaired) electrons. The number of aliphatic imine (C=N–C) groups is 1. The van der Waals surface area contributed by atoms with Crippen molar-refractivity contribution in [3.05, 3.63) is 48.0 Å². The summed E-state index contributed by atoms with van der Waals surface area (Å²) in [7, 11) is 1.63. The lowest BCUT2D eigenvalue weighted by molar-refractivity contribution is 0.242. The Bertz CT molecular complexity index is 749. The lowest BCUT2D eigenvalue weighted by atomic mass is 10.2. The number of hydrogen-bond acceptors (Lipinski definition) is 4. The van der Waals surface area contributed by atoms with E-state index >= 15 is 0 Å². The van der Waals surface area contributed by atoms with Gasteiger partial charge in [-0.1, -0.05) is 13.0 Å². The number of anilines is 1.